The number of anilines is 1. The third-order valence-corrected chi connectivity index (χ3v) is 3.20. The summed E-state index contributed by atoms with van der Waals surface area (Å²) in [4.78, 5) is 0. The number of ether oxygens (including phenoxy) is 2. The molecule has 2 aromatic carbocycles. The molecule has 0 bridgehead atoms. The van der Waals surface area contributed by atoms with Crippen LogP contribution in [0.5, 0.6) is 11.5 Å². The second-order valence-corrected chi connectivity index (χ2v) is 4.71. The summed E-state index contributed by atoms with van der Waals surface area (Å²) in [7, 11) is 0. The van der Waals surface area contributed by atoms with Gasteiger partial charge in [-0.3, -0.25) is 0 Å². The lowest BCUT2D eigenvalue weighted by molar-refractivity contribution is 0.284. The van der Waals surface area contributed by atoms with Crippen LogP contribution in [0.4, 0.5) is 5.69 Å². The summed E-state index contributed by atoms with van der Waals surface area (Å²) in [5.41, 5.74) is 2.47. The first-order valence-electron chi connectivity index (χ1n) is 7.51. The molecule has 3 heteroatoms. The standard InChI is InChI=1S/C18H23NO2/c1-3-15-9-11-16(12-10-15)19-13-14-21-18-8-6-5-7-17(18)20-4-2/h5-12,19H,3-4,13-14H2,1-2H3. The lowest BCUT2D eigenvalue weighted by atomic mass is 10.1. The molecule has 0 atom stereocenters. The van der Waals surface area contributed by atoms with Gasteiger partial charge in [-0.1, -0.05) is 31.2 Å². The van der Waals surface area contributed by atoms with Crippen molar-refractivity contribution in [2.45, 2.75) is 20.3 Å². The predicted molar refractivity (Wildman–Crippen MR) is 87.4 cm³/mol. The van der Waals surface area contributed by atoms with Crippen LogP contribution in [0.2, 0.25) is 0 Å². The van der Waals surface area contributed by atoms with E-state index in [1.807, 2.05) is 31.2 Å². The fraction of sp³-hybridized carbons (Fsp3) is 0.333. The van der Waals surface area contributed by atoms with Gasteiger partial charge >= 0.3 is 0 Å². The maximum absolute atomic E-state index is 5.77. The van der Waals surface area contributed by atoms with Gasteiger partial charge < -0.3 is 14.8 Å². The molecular weight excluding hydrogens is 262 g/mol. The van der Waals surface area contributed by atoms with Crippen LogP contribution in [0.25, 0.3) is 0 Å². The second-order valence-electron chi connectivity index (χ2n) is 4.71. The second kappa shape index (κ2) is 8.20. The molecule has 0 aliphatic heterocycles. The van der Waals surface area contributed by atoms with E-state index < -0.39 is 0 Å². The average Bonchev–Trinajstić information content (AvgIpc) is 2.54. The van der Waals surface area contributed by atoms with E-state index in [2.05, 4.69) is 36.5 Å². The molecule has 1 N–H and O–H groups in total. The van der Waals surface area contributed by atoms with Crippen LogP contribution in [0.1, 0.15) is 19.4 Å². The molecule has 21 heavy (non-hydrogen) atoms. The first kappa shape index (κ1) is 15.2. The van der Waals surface area contributed by atoms with E-state index in [1.54, 1.807) is 0 Å². The summed E-state index contributed by atoms with van der Waals surface area (Å²) in [6, 6.07) is 16.3. The van der Waals surface area contributed by atoms with Crippen LogP contribution in [0.15, 0.2) is 48.5 Å². The summed E-state index contributed by atoms with van der Waals surface area (Å²) in [5.74, 6) is 1.59. The Labute approximate surface area is 126 Å². The van der Waals surface area contributed by atoms with E-state index in [0.29, 0.717) is 13.2 Å². The third kappa shape index (κ3) is 4.71. The van der Waals surface area contributed by atoms with Crippen molar-refractivity contribution in [3.63, 3.8) is 0 Å². The zero-order valence-corrected chi connectivity index (χ0v) is 12.8. The van der Waals surface area contributed by atoms with Gasteiger partial charge in [0.15, 0.2) is 11.5 Å². The zero-order valence-electron chi connectivity index (χ0n) is 12.8. The van der Waals surface area contributed by atoms with Gasteiger partial charge in [0.25, 0.3) is 0 Å². The number of hydrogen-bond acceptors (Lipinski definition) is 3. The molecule has 2 rings (SSSR count). The first-order valence-corrected chi connectivity index (χ1v) is 7.51. The molecule has 112 valence electrons. The van der Waals surface area contributed by atoms with Crippen LogP contribution in [-0.4, -0.2) is 19.8 Å². The van der Waals surface area contributed by atoms with Crippen molar-refractivity contribution >= 4 is 5.69 Å². The number of benzene rings is 2. The fourth-order valence-corrected chi connectivity index (χ4v) is 2.06. The van der Waals surface area contributed by atoms with Crippen molar-refractivity contribution in [1.82, 2.24) is 0 Å². The first-order chi connectivity index (χ1) is 10.3. The molecule has 0 aliphatic carbocycles. The van der Waals surface area contributed by atoms with E-state index in [4.69, 9.17) is 9.47 Å². The normalized spacial score (nSPS) is 10.2. The Bertz CT molecular complexity index is 537. The highest BCUT2D eigenvalue weighted by Crippen LogP contribution is 2.26. The SMILES string of the molecule is CCOc1ccccc1OCCNc1ccc(CC)cc1. The topological polar surface area (TPSA) is 30.5 Å². The Kier molecular flexibility index (Phi) is 5.95. The Morgan fingerprint density at radius 2 is 1.52 bits per heavy atom. The Balaban J connectivity index is 1.79. The zero-order chi connectivity index (χ0) is 14.9. The highest BCUT2D eigenvalue weighted by Gasteiger charge is 2.02. The Hall–Kier alpha value is -2.16. The number of nitrogens with one attached hydrogen (secondary N) is 1. The van der Waals surface area contributed by atoms with Gasteiger partial charge in [-0.2, -0.15) is 0 Å². The van der Waals surface area contributed by atoms with Gasteiger partial charge in [-0.05, 0) is 43.2 Å². The summed E-state index contributed by atoms with van der Waals surface area (Å²) in [6.45, 7) is 6.12. The molecule has 0 aromatic heterocycles. The third-order valence-electron chi connectivity index (χ3n) is 3.20. The maximum Gasteiger partial charge on any atom is 0.161 e. The van der Waals surface area contributed by atoms with Gasteiger partial charge in [0.2, 0.25) is 0 Å². The monoisotopic (exact) mass is 285 g/mol. The molecule has 3 nitrogen and oxygen atoms in total. The number of hydrogen-bond donors (Lipinski definition) is 1. The highest BCUT2D eigenvalue weighted by molar-refractivity contribution is 5.44. The van der Waals surface area contributed by atoms with Crippen molar-refractivity contribution in [3.05, 3.63) is 54.1 Å². The lowest BCUT2D eigenvalue weighted by Gasteiger charge is -2.12. The van der Waals surface area contributed by atoms with Crippen LogP contribution in [-0.2, 0) is 6.42 Å². The van der Waals surface area contributed by atoms with Crippen LogP contribution in [0.3, 0.4) is 0 Å². The summed E-state index contributed by atoms with van der Waals surface area (Å²) in [5, 5.41) is 3.35. The van der Waals surface area contributed by atoms with Gasteiger partial charge in [0, 0.05) is 12.2 Å². The van der Waals surface area contributed by atoms with Crippen molar-refractivity contribution in [2.24, 2.45) is 0 Å². The summed E-state index contributed by atoms with van der Waals surface area (Å²) >= 11 is 0. The molecule has 0 heterocycles. The van der Waals surface area contributed by atoms with Crippen LogP contribution in [0, 0.1) is 0 Å². The molecule has 2 aromatic rings. The number of para-hydroxylation sites is 2. The molecule has 0 spiro atoms. The molecule has 0 amide bonds. The van der Waals surface area contributed by atoms with E-state index in [0.717, 1.165) is 30.2 Å². The summed E-state index contributed by atoms with van der Waals surface area (Å²) < 4.78 is 11.3. The lowest BCUT2D eigenvalue weighted by Crippen LogP contribution is -2.12. The molecule has 0 radical (unpaired) electrons. The van der Waals surface area contributed by atoms with Gasteiger partial charge in [0.1, 0.15) is 6.61 Å². The maximum atomic E-state index is 5.77. The van der Waals surface area contributed by atoms with E-state index in [1.165, 1.54) is 5.56 Å². The minimum absolute atomic E-state index is 0.597. The van der Waals surface area contributed by atoms with E-state index >= 15 is 0 Å². The Morgan fingerprint density at radius 3 is 2.14 bits per heavy atom. The van der Waals surface area contributed by atoms with Crippen molar-refractivity contribution in [3.8, 4) is 11.5 Å². The molecule has 0 unspecified atom stereocenters. The predicted octanol–water partition coefficient (Wildman–Crippen LogP) is 4.14. The molecule has 0 aliphatic rings. The molecule has 0 saturated heterocycles. The van der Waals surface area contributed by atoms with Crippen molar-refractivity contribution < 1.29 is 9.47 Å². The smallest absolute Gasteiger partial charge is 0.161 e. The van der Waals surface area contributed by atoms with Gasteiger partial charge in [-0.15, -0.1) is 0 Å². The van der Waals surface area contributed by atoms with E-state index in [-0.39, 0.29) is 0 Å². The quantitative estimate of drug-likeness (QED) is 0.739. The number of rotatable bonds is 8. The molecular formula is C18H23NO2. The average molecular weight is 285 g/mol. The Morgan fingerprint density at radius 1 is 0.857 bits per heavy atom. The van der Waals surface area contributed by atoms with Crippen LogP contribution >= 0.6 is 0 Å². The van der Waals surface area contributed by atoms with Gasteiger partial charge in [0.05, 0.1) is 6.61 Å². The van der Waals surface area contributed by atoms with Crippen molar-refractivity contribution in [2.75, 3.05) is 25.1 Å². The van der Waals surface area contributed by atoms with Crippen molar-refractivity contribution in [1.29, 1.82) is 0 Å². The molecule has 0 saturated carbocycles. The van der Waals surface area contributed by atoms with Gasteiger partial charge in [-0.25, -0.2) is 0 Å². The minimum atomic E-state index is 0.597. The van der Waals surface area contributed by atoms with Crippen LogP contribution < -0.4 is 14.8 Å². The fourth-order valence-electron chi connectivity index (χ4n) is 2.06. The highest BCUT2D eigenvalue weighted by atomic mass is 16.5. The minimum Gasteiger partial charge on any atom is -0.490 e. The summed E-state index contributed by atoms with van der Waals surface area (Å²) in [6.07, 6.45) is 1.07. The van der Waals surface area contributed by atoms with E-state index in [9.17, 15) is 0 Å². The largest absolute Gasteiger partial charge is 0.490 e. The number of aryl methyl sites for hydroxylation is 1. The molecule has 0 fully saturated rings.